The number of carbonyl (C=O) groups excluding carboxylic acids is 1. The predicted molar refractivity (Wildman–Crippen MR) is 38.7 cm³/mol. The molecule has 1 rings (SSSR count). The number of hydrogen-bond acceptors (Lipinski definition) is 2. The lowest BCUT2D eigenvalue weighted by Gasteiger charge is -2.14. The molecular weight excluding hydrogens is 130 g/mol. The molecule has 4 nitrogen and oxygen atoms in total. The van der Waals surface area contributed by atoms with Crippen molar-refractivity contribution in [3.05, 3.63) is 0 Å². The number of hydrogen-bond donors (Lipinski definition) is 1. The molecule has 1 aliphatic heterocycles. The van der Waals surface area contributed by atoms with Crippen molar-refractivity contribution >= 4 is 6.03 Å². The van der Waals surface area contributed by atoms with Gasteiger partial charge in [-0.3, -0.25) is 0 Å². The monoisotopic (exact) mass is 143 g/mol. The van der Waals surface area contributed by atoms with E-state index in [0.717, 1.165) is 13.1 Å². The topological polar surface area (TPSA) is 35.6 Å². The number of likely N-dealkylation sites (N-methyl/N-ethyl adjacent to an activating group) is 1. The summed E-state index contributed by atoms with van der Waals surface area (Å²) >= 11 is 0. The van der Waals surface area contributed by atoms with Crippen molar-refractivity contribution in [2.24, 2.45) is 0 Å². The largest absolute Gasteiger partial charge is 0.326 e. The second-order valence-electron chi connectivity index (χ2n) is 2.48. The zero-order valence-electron chi connectivity index (χ0n) is 6.42. The Hall–Kier alpha value is -0.770. The van der Waals surface area contributed by atoms with Gasteiger partial charge >= 0.3 is 6.03 Å². The van der Waals surface area contributed by atoms with Gasteiger partial charge < -0.3 is 15.1 Å². The van der Waals surface area contributed by atoms with E-state index in [9.17, 15) is 4.79 Å². The van der Waals surface area contributed by atoms with Crippen LogP contribution in [0.2, 0.25) is 0 Å². The fourth-order valence-electron chi connectivity index (χ4n) is 1.04. The molecule has 1 saturated heterocycles. The molecule has 0 spiro atoms. The van der Waals surface area contributed by atoms with E-state index in [1.165, 1.54) is 0 Å². The molecule has 58 valence electrons. The zero-order chi connectivity index (χ0) is 7.56. The van der Waals surface area contributed by atoms with Gasteiger partial charge in [0.1, 0.15) is 0 Å². The molecule has 0 saturated carbocycles. The quantitative estimate of drug-likeness (QED) is 0.567. The molecule has 0 aromatic carbocycles. The van der Waals surface area contributed by atoms with Gasteiger partial charge in [0, 0.05) is 20.1 Å². The number of nitrogens with zero attached hydrogens (tertiary/aromatic N) is 2. The van der Waals surface area contributed by atoms with Crippen molar-refractivity contribution in [2.75, 3.05) is 33.9 Å². The van der Waals surface area contributed by atoms with E-state index in [4.69, 9.17) is 0 Å². The predicted octanol–water partition coefficient (Wildman–Crippen LogP) is -0.469. The smallest absolute Gasteiger partial charge is 0.320 e. The molecule has 0 atom stereocenters. The Labute approximate surface area is 60.8 Å². The summed E-state index contributed by atoms with van der Waals surface area (Å²) in [6, 6.07) is 0.120. The van der Waals surface area contributed by atoms with Crippen LogP contribution in [-0.4, -0.2) is 49.7 Å². The van der Waals surface area contributed by atoms with Crippen LogP contribution in [0.25, 0.3) is 0 Å². The van der Waals surface area contributed by atoms with Gasteiger partial charge in [0.05, 0.1) is 6.67 Å². The molecule has 0 radical (unpaired) electrons. The van der Waals surface area contributed by atoms with Crippen molar-refractivity contribution in [3.63, 3.8) is 0 Å². The van der Waals surface area contributed by atoms with E-state index in [-0.39, 0.29) is 6.03 Å². The van der Waals surface area contributed by atoms with Crippen molar-refractivity contribution in [1.82, 2.24) is 15.1 Å². The molecule has 0 aromatic rings. The highest BCUT2D eigenvalue weighted by molar-refractivity contribution is 5.76. The Morgan fingerprint density at radius 3 is 2.70 bits per heavy atom. The molecule has 0 aliphatic carbocycles. The lowest BCUT2D eigenvalue weighted by molar-refractivity contribution is 0.196. The molecular formula is C6H13N3O. The highest BCUT2D eigenvalue weighted by atomic mass is 16.2. The molecule has 0 unspecified atom stereocenters. The van der Waals surface area contributed by atoms with Crippen LogP contribution in [0, 0.1) is 0 Å². The molecule has 4 heteroatoms. The highest BCUT2D eigenvalue weighted by Gasteiger charge is 2.23. The third kappa shape index (κ3) is 1.21. The van der Waals surface area contributed by atoms with Gasteiger partial charge in [-0.05, 0) is 7.05 Å². The Balaban J connectivity index is 2.41. The molecule has 1 aliphatic rings. The third-order valence-corrected chi connectivity index (χ3v) is 1.65. The fraction of sp³-hybridized carbons (Fsp3) is 0.833. The minimum absolute atomic E-state index is 0.120. The van der Waals surface area contributed by atoms with Crippen LogP contribution in [0.4, 0.5) is 4.79 Å². The standard InChI is InChI=1S/C6H13N3O/c1-7-5-9-4-3-8(2)6(9)10/h7H,3-5H2,1-2H3. The summed E-state index contributed by atoms with van der Waals surface area (Å²) in [5.74, 6) is 0. The summed E-state index contributed by atoms with van der Waals surface area (Å²) < 4.78 is 0. The first-order valence-corrected chi connectivity index (χ1v) is 3.40. The summed E-state index contributed by atoms with van der Waals surface area (Å²) in [4.78, 5) is 14.6. The van der Waals surface area contributed by atoms with Crippen LogP contribution >= 0.6 is 0 Å². The maximum absolute atomic E-state index is 11.1. The van der Waals surface area contributed by atoms with Crippen molar-refractivity contribution in [2.45, 2.75) is 0 Å². The van der Waals surface area contributed by atoms with Gasteiger partial charge in [0.25, 0.3) is 0 Å². The molecule has 2 amide bonds. The number of nitrogens with one attached hydrogen (secondary N) is 1. The van der Waals surface area contributed by atoms with Crippen LogP contribution < -0.4 is 5.32 Å². The van der Waals surface area contributed by atoms with Crippen molar-refractivity contribution in [3.8, 4) is 0 Å². The first kappa shape index (κ1) is 7.34. The maximum atomic E-state index is 11.1. The van der Waals surface area contributed by atoms with Crippen LogP contribution in [-0.2, 0) is 0 Å². The highest BCUT2D eigenvalue weighted by Crippen LogP contribution is 2.02. The third-order valence-electron chi connectivity index (χ3n) is 1.65. The molecule has 1 fully saturated rings. The summed E-state index contributed by atoms with van der Waals surface area (Å²) in [5.41, 5.74) is 0. The molecule has 10 heavy (non-hydrogen) atoms. The second-order valence-corrected chi connectivity index (χ2v) is 2.48. The first-order valence-electron chi connectivity index (χ1n) is 3.40. The van der Waals surface area contributed by atoms with Crippen molar-refractivity contribution in [1.29, 1.82) is 0 Å². The van der Waals surface area contributed by atoms with Crippen LogP contribution in [0.5, 0.6) is 0 Å². The van der Waals surface area contributed by atoms with E-state index < -0.39 is 0 Å². The van der Waals surface area contributed by atoms with E-state index >= 15 is 0 Å². The number of rotatable bonds is 2. The Kier molecular flexibility index (Phi) is 2.11. The summed E-state index contributed by atoms with van der Waals surface area (Å²) in [7, 11) is 3.66. The minimum Gasteiger partial charge on any atom is -0.326 e. The van der Waals surface area contributed by atoms with Crippen LogP contribution in [0.3, 0.4) is 0 Å². The summed E-state index contributed by atoms with van der Waals surface area (Å²) in [5, 5.41) is 2.94. The number of amides is 2. The number of carbonyl (C=O) groups is 1. The van der Waals surface area contributed by atoms with Gasteiger partial charge in [0.2, 0.25) is 0 Å². The Morgan fingerprint density at radius 1 is 1.60 bits per heavy atom. The summed E-state index contributed by atoms with van der Waals surface area (Å²) in [6.45, 7) is 2.35. The lowest BCUT2D eigenvalue weighted by atomic mass is 10.6. The van der Waals surface area contributed by atoms with E-state index in [2.05, 4.69) is 5.32 Å². The molecule has 0 bridgehead atoms. The normalized spacial score (nSPS) is 18.8. The van der Waals surface area contributed by atoms with Crippen LogP contribution in [0.15, 0.2) is 0 Å². The zero-order valence-corrected chi connectivity index (χ0v) is 6.42. The molecule has 1 N–H and O–H groups in total. The van der Waals surface area contributed by atoms with E-state index in [0.29, 0.717) is 6.67 Å². The number of urea groups is 1. The van der Waals surface area contributed by atoms with Gasteiger partial charge in [0.15, 0.2) is 0 Å². The average molecular weight is 143 g/mol. The lowest BCUT2D eigenvalue weighted by Crippen LogP contribution is -2.35. The molecule has 0 aromatic heterocycles. The Bertz CT molecular complexity index is 135. The summed E-state index contributed by atoms with van der Waals surface area (Å²) in [6.07, 6.45) is 0. The van der Waals surface area contributed by atoms with Crippen molar-refractivity contribution < 1.29 is 4.79 Å². The first-order chi connectivity index (χ1) is 4.75. The SMILES string of the molecule is CNCN1CCN(C)C1=O. The molecule has 1 heterocycles. The van der Waals surface area contributed by atoms with Gasteiger partial charge in [-0.15, -0.1) is 0 Å². The van der Waals surface area contributed by atoms with Gasteiger partial charge in [-0.1, -0.05) is 0 Å². The van der Waals surface area contributed by atoms with Gasteiger partial charge in [-0.25, -0.2) is 4.79 Å². The minimum atomic E-state index is 0.120. The van der Waals surface area contributed by atoms with E-state index in [1.54, 1.807) is 9.80 Å². The van der Waals surface area contributed by atoms with E-state index in [1.807, 2.05) is 14.1 Å². The fourth-order valence-corrected chi connectivity index (χ4v) is 1.04. The van der Waals surface area contributed by atoms with Gasteiger partial charge in [-0.2, -0.15) is 0 Å². The Morgan fingerprint density at radius 2 is 2.30 bits per heavy atom. The maximum Gasteiger partial charge on any atom is 0.320 e. The van der Waals surface area contributed by atoms with Crippen LogP contribution in [0.1, 0.15) is 0 Å². The average Bonchev–Trinajstić information content (AvgIpc) is 2.20. The second kappa shape index (κ2) is 2.88.